The van der Waals surface area contributed by atoms with E-state index in [1.54, 1.807) is 4.68 Å². The number of aryl methyl sites for hydroxylation is 1. The van der Waals surface area contributed by atoms with Gasteiger partial charge in [0.05, 0.1) is 43.2 Å². The quantitative estimate of drug-likeness (QED) is 0.127. The minimum Gasteiger partial charge on any atom is -0.432 e. The molecule has 5 atom stereocenters. The van der Waals surface area contributed by atoms with Gasteiger partial charge in [0.25, 0.3) is 11.8 Å². The third-order valence-corrected chi connectivity index (χ3v) is 16.4. The number of aromatic nitrogens is 3. The first-order chi connectivity index (χ1) is 28.9. The first kappa shape index (κ1) is 40.7. The molecular weight excluding hydrogens is 839 g/mol. The SMILES string of the molecule is C[C@H]1[C@H]([Si](C)(C)O)[C@@H](CCn2cc(C(CO)c3ccccc3)nn2)O[C@]12C(=O)N(Cc1ccc(N3CN(c4ccccc4)C4(CCNCC4)C3=O)cc1)c1ccc(Br)cc12. The Hall–Kier alpha value is -4.70. The van der Waals surface area contributed by atoms with Crippen LogP contribution in [0.15, 0.2) is 114 Å². The predicted octanol–water partition coefficient (Wildman–Crippen LogP) is 6.53. The number of carbonyl (C=O) groups excluding carboxylic acids is 2. The Morgan fingerprint density at radius 2 is 1.63 bits per heavy atom. The van der Waals surface area contributed by atoms with E-state index >= 15 is 4.79 Å². The van der Waals surface area contributed by atoms with E-state index in [9.17, 15) is 14.7 Å². The van der Waals surface area contributed by atoms with E-state index in [-0.39, 0.29) is 35.8 Å². The molecule has 9 rings (SSSR count). The number of anilines is 3. The molecule has 312 valence electrons. The number of piperidine rings is 1. The van der Waals surface area contributed by atoms with Crippen molar-refractivity contribution in [3.63, 3.8) is 0 Å². The number of hydrogen-bond acceptors (Lipinski definition) is 9. The summed E-state index contributed by atoms with van der Waals surface area (Å²) in [5, 5.41) is 22.5. The van der Waals surface area contributed by atoms with Crippen LogP contribution in [0, 0.1) is 5.92 Å². The molecule has 4 aliphatic rings. The van der Waals surface area contributed by atoms with Crippen LogP contribution < -0.4 is 20.0 Å². The third-order valence-electron chi connectivity index (χ3n) is 13.4. The van der Waals surface area contributed by atoms with Crippen LogP contribution >= 0.6 is 15.9 Å². The second-order valence-corrected chi connectivity index (χ2v) is 22.2. The normalized spacial score (nSPS) is 24.2. The molecule has 5 heterocycles. The van der Waals surface area contributed by atoms with Gasteiger partial charge in [-0.2, -0.15) is 0 Å². The third kappa shape index (κ3) is 6.90. The monoisotopic (exact) mass is 889 g/mol. The van der Waals surface area contributed by atoms with Gasteiger partial charge in [0.15, 0.2) is 13.9 Å². The number of nitrogens with zero attached hydrogens (tertiary/aromatic N) is 6. The smallest absolute Gasteiger partial charge is 0.264 e. The zero-order valence-corrected chi connectivity index (χ0v) is 36.8. The van der Waals surface area contributed by atoms with Gasteiger partial charge in [0.1, 0.15) is 5.54 Å². The molecule has 0 bridgehead atoms. The van der Waals surface area contributed by atoms with Gasteiger partial charge in [-0.15, -0.1) is 5.10 Å². The standard InChI is InChI=1S/C46H52BrN7O5Si/c1-31-42(60(2,3)58)41(20-25-51-28-39(49-50-51)37(29-55)33-10-6-4-7-11-33)59-46(31)38-26-34(47)16-19-40(38)52(44(46)57)27-32-14-17-35(18-15-32)53-30-54(36-12-8-5-9-13-36)45(43(53)56)21-23-48-24-22-45/h4-19,26,28,31,37,41-42,48,55,58H,20-25,27,29-30H2,1-3H3/t31-,37?,41+,42-,46+/m0/s1. The average Bonchev–Trinajstić information content (AvgIpc) is 3.98. The number of fused-ring (bicyclic) bond motifs is 2. The van der Waals surface area contributed by atoms with Crippen molar-refractivity contribution in [2.45, 2.75) is 81.1 Å². The molecule has 0 saturated carbocycles. The number of hydrogen-bond donors (Lipinski definition) is 3. The lowest BCUT2D eigenvalue weighted by Crippen LogP contribution is -2.55. The molecule has 1 unspecified atom stereocenters. The van der Waals surface area contributed by atoms with E-state index in [2.05, 4.69) is 55.5 Å². The van der Waals surface area contributed by atoms with Gasteiger partial charge in [-0.3, -0.25) is 19.2 Å². The molecule has 2 spiro atoms. The van der Waals surface area contributed by atoms with E-state index in [1.165, 1.54) is 0 Å². The lowest BCUT2D eigenvalue weighted by molar-refractivity contribution is -0.146. The van der Waals surface area contributed by atoms with Crippen molar-refractivity contribution in [2.24, 2.45) is 5.92 Å². The fraction of sp³-hybridized carbons (Fsp3) is 0.391. The number of benzene rings is 4. The van der Waals surface area contributed by atoms with Crippen molar-refractivity contribution in [3.8, 4) is 0 Å². The molecule has 12 nitrogen and oxygen atoms in total. The van der Waals surface area contributed by atoms with Crippen LogP contribution in [0.25, 0.3) is 0 Å². The first-order valence-corrected chi connectivity index (χ1v) is 24.8. The molecule has 14 heteroatoms. The fourth-order valence-corrected chi connectivity index (χ4v) is 13.5. The van der Waals surface area contributed by atoms with Gasteiger partial charge >= 0.3 is 0 Å². The summed E-state index contributed by atoms with van der Waals surface area (Å²) in [7, 11) is -2.90. The number of carbonyl (C=O) groups is 2. The summed E-state index contributed by atoms with van der Waals surface area (Å²) in [6.45, 7) is 8.64. The van der Waals surface area contributed by atoms with Gasteiger partial charge in [-0.05, 0) is 99.0 Å². The molecule has 60 heavy (non-hydrogen) atoms. The number of amides is 2. The van der Waals surface area contributed by atoms with Crippen molar-refractivity contribution in [1.82, 2.24) is 20.3 Å². The van der Waals surface area contributed by atoms with Crippen molar-refractivity contribution in [3.05, 3.63) is 136 Å². The Morgan fingerprint density at radius 3 is 2.32 bits per heavy atom. The summed E-state index contributed by atoms with van der Waals surface area (Å²) >= 11 is 3.68. The van der Waals surface area contributed by atoms with Crippen LogP contribution in [0.4, 0.5) is 17.1 Å². The summed E-state index contributed by atoms with van der Waals surface area (Å²) < 4.78 is 9.70. The topological polar surface area (TPSA) is 136 Å². The second-order valence-electron chi connectivity index (χ2n) is 17.3. The van der Waals surface area contributed by atoms with Crippen molar-refractivity contribution in [1.29, 1.82) is 0 Å². The van der Waals surface area contributed by atoms with Crippen LogP contribution in [0.3, 0.4) is 0 Å². The summed E-state index contributed by atoms with van der Waals surface area (Å²) in [6.07, 6.45) is 3.43. The number of aliphatic hydroxyl groups is 1. The summed E-state index contributed by atoms with van der Waals surface area (Å²) in [5.41, 5.74) is 3.88. The fourth-order valence-electron chi connectivity index (χ4n) is 10.5. The molecule has 0 aliphatic carbocycles. The molecule has 3 N–H and O–H groups in total. The highest BCUT2D eigenvalue weighted by atomic mass is 79.9. The second kappa shape index (κ2) is 16.0. The van der Waals surface area contributed by atoms with Gasteiger partial charge in [0.2, 0.25) is 0 Å². The Morgan fingerprint density at radius 1 is 0.933 bits per heavy atom. The van der Waals surface area contributed by atoms with E-state index in [0.717, 1.165) is 64.2 Å². The summed E-state index contributed by atoms with van der Waals surface area (Å²) in [4.78, 5) is 47.3. The highest BCUT2D eigenvalue weighted by Crippen LogP contribution is 2.60. The minimum atomic E-state index is -2.90. The summed E-state index contributed by atoms with van der Waals surface area (Å²) in [6, 6.07) is 33.9. The van der Waals surface area contributed by atoms with Crippen molar-refractivity contribution >= 4 is 53.1 Å². The zero-order chi connectivity index (χ0) is 41.8. The lowest BCUT2D eigenvalue weighted by atomic mass is 9.82. The van der Waals surface area contributed by atoms with Gasteiger partial charge in [-0.1, -0.05) is 88.7 Å². The maximum Gasteiger partial charge on any atom is 0.264 e. The molecule has 2 amide bonds. The van der Waals surface area contributed by atoms with Gasteiger partial charge < -0.3 is 29.8 Å². The van der Waals surface area contributed by atoms with Crippen molar-refractivity contribution < 1.29 is 24.2 Å². The maximum absolute atomic E-state index is 15.1. The molecule has 4 aromatic carbocycles. The Bertz CT molecular complexity index is 2350. The van der Waals surface area contributed by atoms with Crippen LogP contribution in [-0.4, -0.2) is 83.0 Å². The van der Waals surface area contributed by atoms with Crippen molar-refractivity contribution in [2.75, 3.05) is 41.1 Å². The average molecular weight is 891 g/mol. The largest absolute Gasteiger partial charge is 0.432 e. The maximum atomic E-state index is 15.1. The molecular formula is C46H52BrN7O5Si. The molecule has 5 aromatic rings. The predicted molar refractivity (Wildman–Crippen MR) is 237 cm³/mol. The number of halogens is 1. The highest BCUT2D eigenvalue weighted by molar-refractivity contribution is 9.10. The van der Waals surface area contributed by atoms with E-state index in [0.29, 0.717) is 31.9 Å². The zero-order valence-electron chi connectivity index (χ0n) is 34.2. The Balaban J connectivity index is 0.963. The Kier molecular flexibility index (Phi) is 10.8. The van der Waals surface area contributed by atoms with Gasteiger partial charge in [0, 0.05) is 45.6 Å². The summed E-state index contributed by atoms with van der Waals surface area (Å²) in [5.74, 6) is -0.638. The molecule has 1 aromatic heterocycles. The van der Waals surface area contributed by atoms with Gasteiger partial charge in [-0.25, -0.2) is 0 Å². The van der Waals surface area contributed by atoms with E-state index in [1.807, 2.05) is 120 Å². The Labute approximate surface area is 360 Å². The number of ether oxygens (including phenoxy) is 1. The van der Waals surface area contributed by atoms with Crippen LogP contribution in [-0.2, 0) is 33.0 Å². The van der Waals surface area contributed by atoms with E-state index in [4.69, 9.17) is 4.74 Å². The minimum absolute atomic E-state index is 0.0943. The molecule has 4 aliphatic heterocycles. The first-order valence-electron chi connectivity index (χ1n) is 21.0. The van der Waals surface area contributed by atoms with E-state index < -0.39 is 25.6 Å². The van der Waals surface area contributed by atoms with Crippen LogP contribution in [0.2, 0.25) is 18.6 Å². The number of nitrogens with one attached hydrogen (secondary N) is 1. The molecule has 0 radical (unpaired) electrons. The highest BCUT2D eigenvalue weighted by Gasteiger charge is 2.66. The molecule has 3 saturated heterocycles. The number of para-hydroxylation sites is 1. The number of rotatable bonds is 11. The van der Waals surface area contributed by atoms with Crippen LogP contribution in [0.1, 0.15) is 54.5 Å². The lowest BCUT2D eigenvalue weighted by Gasteiger charge is -2.39. The number of aliphatic hydroxyl groups excluding tert-OH is 1. The van der Waals surface area contributed by atoms with Crippen LogP contribution in [0.5, 0.6) is 0 Å². The molecule has 3 fully saturated rings.